The number of amides is 1. The summed E-state index contributed by atoms with van der Waals surface area (Å²) in [4.78, 5) is 22.1. The first-order chi connectivity index (χ1) is 7.11. The van der Waals surface area contributed by atoms with Gasteiger partial charge in [-0.25, -0.2) is 4.79 Å². The first-order valence-electron chi connectivity index (χ1n) is 5.13. The van der Waals surface area contributed by atoms with E-state index in [4.69, 9.17) is 5.11 Å². The van der Waals surface area contributed by atoms with E-state index < -0.39 is 12.0 Å². The van der Waals surface area contributed by atoms with Crippen molar-refractivity contribution in [1.82, 2.24) is 5.32 Å². The van der Waals surface area contributed by atoms with Crippen LogP contribution in [0.4, 0.5) is 0 Å². The van der Waals surface area contributed by atoms with Crippen LogP contribution in [0.3, 0.4) is 0 Å². The van der Waals surface area contributed by atoms with Crippen molar-refractivity contribution in [2.24, 2.45) is 0 Å². The Kier molecular flexibility index (Phi) is 8.18. The van der Waals surface area contributed by atoms with Crippen LogP contribution in [0.1, 0.15) is 32.6 Å². The molecule has 5 heteroatoms. The van der Waals surface area contributed by atoms with Crippen LogP contribution in [0.5, 0.6) is 0 Å². The summed E-state index contributed by atoms with van der Waals surface area (Å²) in [5, 5.41) is 11.3. The molecule has 0 spiro atoms. The predicted octanol–water partition coefficient (Wildman–Crippen LogP) is 1.50. The lowest BCUT2D eigenvalue weighted by molar-refractivity contribution is -0.142. The number of carbonyl (C=O) groups is 2. The Morgan fingerprint density at radius 3 is 2.60 bits per heavy atom. The van der Waals surface area contributed by atoms with Crippen LogP contribution < -0.4 is 5.32 Å². The predicted molar refractivity (Wildman–Crippen MR) is 62.1 cm³/mol. The quantitative estimate of drug-likeness (QED) is 0.623. The molecule has 15 heavy (non-hydrogen) atoms. The highest BCUT2D eigenvalue weighted by Crippen LogP contribution is 2.01. The van der Waals surface area contributed by atoms with Crippen LogP contribution in [0.2, 0.25) is 0 Å². The van der Waals surface area contributed by atoms with Crippen molar-refractivity contribution in [2.45, 2.75) is 38.6 Å². The highest BCUT2D eigenvalue weighted by Gasteiger charge is 2.17. The number of aliphatic carboxylic acids is 1. The zero-order valence-corrected chi connectivity index (χ0v) is 10.1. The van der Waals surface area contributed by atoms with Crippen molar-refractivity contribution < 1.29 is 14.7 Å². The van der Waals surface area contributed by atoms with Crippen LogP contribution in [0.15, 0.2) is 0 Å². The molecule has 0 aliphatic rings. The summed E-state index contributed by atoms with van der Waals surface area (Å²) >= 11 is 1.68. The Morgan fingerprint density at radius 1 is 1.47 bits per heavy atom. The second-order valence-electron chi connectivity index (χ2n) is 3.34. The van der Waals surface area contributed by atoms with Gasteiger partial charge in [-0.2, -0.15) is 11.8 Å². The Balaban J connectivity index is 3.84. The largest absolute Gasteiger partial charge is 0.480 e. The molecule has 1 atom stereocenters. The van der Waals surface area contributed by atoms with Crippen LogP contribution in [-0.2, 0) is 9.59 Å². The zero-order chi connectivity index (χ0) is 11.7. The normalized spacial score (nSPS) is 12.1. The van der Waals surface area contributed by atoms with E-state index in [1.165, 1.54) is 0 Å². The van der Waals surface area contributed by atoms with Gasteiger partial charge in [0.05, 0.1) is 0 Å². The molecule has 0 aliphatic heterocycles. The number of carbonyl (C=O) groups excluding carboxylic acids is 1. The molecular weight excluding hydrogens is 214 g/mol. The number of nitrogens with one attached hydrogen (secondary N) is 1. The SMILES string of the molecule is CCCC(NC(=O)CCCSC)C(=O)O. The smallest absolute Gasteiger partial charge is 0.326 e. The Labute approximate surface area is 94.8 Å². The highest BCUT2D eigenvalue weighted by molar-refractivity contribution is 7.98. The Morgan fingerprint density at radius 2 is 2.13 bits per heavy atom. The minimum Gasteiger partial charge on any atom is -0.480 e. The van der Waals surface area contributed by atoms with Crippen molar-refractivity contribution in [2.75, 3.05) is 12.0 Å². The standard InChI is InChI=1S/C10H19NO3S/c1-3-5-8(10(13)14)11-9(12)6-4-7-15-2/h8H,3-7H2,1-2H3,(H,11,12)(H,13,14). The number of rotatable bonds is 8. The molecule has 4 nitrogen and oxygen atoms in total. The van der Waals surface area contributed by atoms with Gasteiger partial charge < -0.3 is 10.4 Å². The lowest BCUT2D eigenvalue weighted by atomic mass is 10.1. The maximum Gasteiger partial charge on any atom is 0.326 e. The summed E-state index contributed by atoms with van der Waals surface area (Å²) in [6.45, 7) is 1.90. The first-order valence-corrected chi connectivity index (χ1v) is 6.52. The van der Waals surface area contributed by atoms with E-state index >= 15 is 0 Å². The molecular formula is C10H19NO3S. The molecule has 88 valence electrons. The number of hydrogen-bond donors (Lipinski definition) is 2. The summed E-state index contributed by atoms with van der Waals surface area (Å²) in [6.07, 6.45) is 4.43. The number of carboxylic acid groups (broad SMARTS) is 1. The van der Waals surface area contributed by atoms with Crippen molar-refractivity contribution >= 4 is 23.6 Å². The Bertz CT molecular complexity index is 209. The van der Waals surface area contributed by atoms with Crippen molar-refractivity contribution in [3.8, 4) is 0 Å². The van der Waals surface area contributed by atoms with E-state index in [0.29, 0.717) is 12.8 Å². The average molecular weight is 233 g/mol. The third kappa shape index (κ3) is 7.25. The van der Waals surface area contributed by atoms with Crippen molar-refractivity contribution in [3.05, 3.63) is 0 Å². The van der Waals surface area contributed by atoms with Crippen LogP contribution in [0, 0.1) is 0 Å². The molecule has 0 saturated heterocycles. The van der Waals surface area contributed by atoms with Gasteiger partial charge in [-0.15, -0.1) is 0 Å². The highest BCUT2D eigenvalue weighted by atomic mass is 32.2. The van der Waals surface area contributed by atoms with Crippen LogP contribution >= 0.6 is 11.8 Å². The van der Waals surface area contributed by atoms with Gasteiger partial charge >= 0.3 is 5.97 Å². The number of thioether (sulfide) groups is 1. The number of carboxylic acids is 1. The van der Waals surface area contributed by atoms with Gasteiger partial charge in [0, 0.05) is 6.42 Å². The minimum absolute atomic E-state index is 0.162. The lowest BCUT2D eigenvalue weighted by Gasteiger charge is -2.13. The van der Waals surface area contributed by atoms with E-state index in [1.807, 2.05) is 13.2 Å². The molecule has 0 aromatic carbocycles. The van der Waals surface area contributed by atoms with Gasteiger partial charge in [0.1, 0.15) is 6.04 Å². The molecule has 0 saturated carbocycles. The maximum absolute atomic E-state index is 11.3. The van der Waals surface area contributed by atoms with Gasteiger partial charge in [-0.1, -0.05) is 13.3 Å². The molecule has 0 fully saturated rings. The second kappa shape index (κ2) is 8.59. The van der Waals surface area contributed by atoms with Crippen LogP contribution in [-0.4, -0.2) is 35.0 Å². The summed E-state index contributed by atoms with van der Waals surface area (Å²) in [5.74, 6) is -0.182. The van der Waals surface area contributed by atoms with E-state index in [9.17, 15) is 9.59 Å². The van der Waals surface area contributed by atoms with Gasteiger partial charge in [0.15, 0.2) is 0 Å². The fourth-order valence-corrected chi connectivity index (χ4v) is 1.62. The molecule has 0 heterocycles. The molecule has 0 radical (unpaired) electrons. The fourth-order valence-electron chi connectivity index (χ4n) is 1.19. The molecule has 0 aromatic rings. The third-order valence-corrected chi connectivity index (χ3v) is 2.66. The first kappa shape index (κ1) is 14.3. The van der Waals surface area contributed by atoms with Gasteiger partial charge in [0.25, 0.3) is 0 Å². The fraction of sp³-hybridized carbons (Fsp3) is 0.800. The second-order valence-corrected chi connectivity index (χ2v) is 4.33. The summed E-state index contributed by atoms with van der Waals surface area (Å²) in [7, 11) is 0. The summed E-state index contributed by atoms with van der Waals surface area (Å²) in [6, 6.07) is -0.725. The molecule has 2 N–H and O–H groups in total. The van der Waals surface area contributed by atoms with E-state index in [2.05, 4.69) is 5.32 Å². The molecule has 1 unspecified atom stereocenters. The van der Waals surface area contributed by atoms with Gasteiger partial charge in [-0.3, -0.25) is 4.79 Å². The topological polar surface area (TPSA) is 66.4 Å². The zero-order valence-electron chi connectivity index (χ0n) is 9.28. The molecule has 1 amide bonds. The lowest BCUT2D eigenvalue weighted by Crippen LogP contribution is -2.40. The molecule has 0 aliphatic carbocycles. The van der Waals surface area contributed by atoms with E-state index in [0.717, 1.165) is 18.6 Å². The van der Waals surface area contributed by atoms with Crippen molar-refractivity contribution in [1.29, 1.82) is 0 Å². The van der Waals surface area contributed by atoms with Crippen molar-refractivity contribution in [3.63, 3.8) is 0 Å². The number of hydrogen-bond acceptors (Lipinski definition) is 3. The maximum atomic E-state index is 11.3. The molecule has 0 bridgehead atoms. The average Bonchev–Trinajstić information content (AvgIpc) is 2.17. The minimum atomic E-state index is -0.949. The van der Waals surface area contributed by atoms with E-state index in [1.54, 1.807) is 11.8 Å². The molecule has 0 aromatic heterocycles. The van der Waals surface area contributed by atoms with E-state index in [-0.39, 0.29) is 5.91 Å². The molecule has 0 rings (SSSR count). The van der Waals surface area contributed by atoms with Crippen LogP contribution in [0.25, 0.3) is 0 Å². The Hall–Kier alpha value is -0.710. The third-order valence-electron chi connectivity index (χ3n) is 1.96. The van der Waals surface area contributed by atoms with Gasteiger partial charge in [0.2, 0.25) is 5.91 Å². The monoisotopic (exact) mass is 233 g/mol. The summed E-state index contributed by atoms with van der Waals surface area (Å²) in [5.41, 5.74) is 0. The van der Waals surface area contributed by atoms with Gasteiger partial charge in [-0.05, 0) is 24.9 Å². The summed E-state index contributed by atoms with van der Waals surface area (Å²) < 4.78 is 0.